The van der Waals surface area contributed by atoms with Gasteiger partial charge in [0.2, 0.25) is 5.91 Å². The van der Waals surface area contributed by atoms with E-state index < -0.39 is 0 Å². The molecular weight excluding hydrogens is 162 g/mol. The molecule has 0 aliphatic rings. The Morgan fingerprint density at radius 1 is 1.31 bits per heavy atom. The number of hydrogen-bond acceptors (Lipinski definition) is 1. The van der Waals surface area contributed by atoms with E-state index in [4.69, 9.17) is 0 Å². The average Bonchev–Trinajstić information content (AvgIpc) is 2.16. The number of carbonyl (C=O) groups is 1. The Balaban J connectivity index is 2.37. The van der Waals surface area contributed by atoms with Gasteiger partial charge < -0.3 is 5.32 Å². The van der Waals surface area contributed by atoms with Crippen LogP contribution < -0.4 is 5.32 Å². The topological polar surface area (TPSA) is 29.1 Å². The number of carbonyl (C=O) groups excluding carboxylic acids is 1. The highest BCUT2D eigenvalue weighted by atomic mass is 16.1. The van der Waals surface area contributed by atoms with Crippen LogP contribution in [0.25, 0.3) is 0 Å². The summed E-state index contributed by atoms with van der Waals surface area (Å²) >= 11 is 0. The quantitative estimate of drug-likeness (QED) is 0.750. The Hall–Kier alpha value is -1.31. The first-order valence-electron chi connectivity index (χ1n) is 4.47. The third kappa shape index (κ3) is 3.74. The first kappa shape index (κ1) is 9.78. The highest BCUT2D eigenvalue weighted by Gasteiger charge is 1.99. The number of benzene rings is 1. The summed E-state index contributed by atoms with van der Waals surface area (Å²) in [5.41, 5.74) is 0.858. The van der Waals surface area contributed by atoms with Crippen molar-refractivity contribution in [3.05, 3.63) is 37.3 Å². The summed E-state index contributed by atoms with van der Waals surface area (Å²) in [6.07, 6.45) is 2.21. The lowest BCUT2D eigenvalue weighted by molar-refractivity contribution is -0.116. The molecule has 0 atom stereocenters. The molecule has 2 heteroatoms. The molecule has 0 aliphatic carbocycles. The Morgan fingerprint density at radius 3 is 2.62 bits per heavy atom. The zero-order valence-electron chi connectivity index (χ0n) is 7.62. The molecule has 0 aromatic heterocycles. The molecule has 0 bridgehead atoms. The van der Waals surface area contributed by atoms with Gasteiger partial charge in [0.05, 0.1) is 0 Å². The van der Waals surface area contributed by atoms with Crippen LogP contribution in [0.1, 0.15) is 19.3 Å². The van der Waals surface area contributed by atoms with Crippen LogP contribution in [0.5, 0.6) is 0 Å². The molecule has 1 aromatic rings. The lowest BCUT2D eigenvalue weighted by Crippen LogP contribution is -2.10. The Bertz CT molecular complexity index is 256. The Labute approximate surface area is 79.0 Å². The van der Waals surface area contributed by atoms with E-state index in [1.807, 2.05) is 30.3 Å². The number of nitrogens with one attached hydrogen (secondary N) is 1. The van der Waals surface area contributed by atoms with E-state index in [1.165, 1.54) is 0 Å². The van der Waals surface area contributed by atoms with Gasteiger partial charge in [-0.25, -0.2) is 0 Å². The molecule has 0 saturated heterocycles. The number of unbranched alkanes of at least 4 members (excludes halogenated alkanes) is 1. The standard InChI is InChI=1S/C11H14NO/c1-2-3-9-11(13)12-10-7-5-4-6-8-10/h4-8H,1-3,9H2,(H,12,13). The summed E-state index contributed by atoms with van der Waals surface area (Å²) in [4.78, 5) is 11.2. The minimum atomic E-state index is 0.0647. The van der Waals surface area contributed by atoms with Crippen molar-refractivity contribution in [2.24, 2.45) is 0 Å². The van der Waals surface area contributed by atoms with E-state index in [2.05, 4.69) is 12.2 Å². The Kier molecular flexibility index (Phi) is 4.03. The molecule has 1 radical (unpaired) electrons. The van der Waals surface area contributed by atoms with E-state index in [9.17, 15) is 4.79 Å². The summed E-state index contributed by atoms with van der Waals surface area (Å²) in [5, 5.41) is 2.81. The van der Waals surface area contributed by atoms with Crippen LogP contribution in [-0.4, -0.2) is 5.91 Å². The molecule has 0 unspecified atom stereocenters. The third-order valence-electron chi connectivity index (χ3n) is 1.71. The second-order valence-corrected chi connectivity index (χ2v) is 2.87. The molecule has 0 heterocycles. The van der Waals surface area contributed by atoms with Crippen molar-refractivity contribution in [3.63, 3.8) is 0 Å². The van der Waals surface area contributed by atoms with Gasteiger partial charge in [-0.3, -0.25) is 4.79 Å². The summed E-state index contributed by atoms with van der Waals surface area (Å²) in [6, 6.07) is 9.48. The van der Waals surface area contributed by atoms with E-state index in [0.717, 1.165) is 18.5 Å². The molecule has 1 amide bonds. The molecule has 69 valence electrons. The number of amides is 1. The fraction of sp³-hybridized carbons (Fsp3) is 0.273. The van der Waals surface area contributed by atoms with Crippen molar-refractivity contribution in [3.8, 4) is 0 Å². The van der Waals surface area contributed by atoms with Crippen LogP contribution in [0, 0.1) is 6.92 Å². The van der Waals surface area contributed by atoms with Gasteiger partial charge in [-0.2, -0.15) is 0 Å². The second-order valence-electron chi connectivity index (χ2n) is 2.87. The van der Waals surface area contributed by atoms with Gasteiger partial charge >= 0.3 is 0 Å². The van der Waals surface area contributed by atoms with Gasteiger partial charge in [-0.1, -0.05) is 31.5 Å². The largest absolute Gasteiger partial charge is 0.326 e. The molecule has 2 nitrogen and oxygen atoms in total. The van der Waals surface area contributed by atoms with Crippen LogP contribution in [0.15, 0.2) is 30.3 Å². The molecule has 1 aromatic carbocycles. The molecule has 1 N–H and O–H groups in total. The lowest BCUT2D eigenvalue weighted by Gasteiger charge is -2.03. The predicted octanol–water partition coefficient (Wildman–Crippen LogP) is 2.63. The smallest absolute Gasteiger partial charge is 0.224 e. The van der Waals surface area contributed by atoms with Gasteiger partial charge in [0.1, 0.15) is 0 Å². The first-order chi connectivity index (χ1) is 6.33. The van der Waals surface area contributed by atoms with Gasteiger partial charge in [-0.15, -0.1) is 0 Å². The minimum absolute atomic E-state index is 0.0647. The maximum atomic E-state index is 11.2. The first-order valence-corrected chi connectivity index (χ1v) is 4.47. The number of anilines is 1. The van der Waals surface area contributed by atoms with E-state index in [0.29, 0.717) is 6.42 Å². The second kappa shape index (κ2) is 5.36. The van der Waals surface area contributed by atoms with Crippen LogP contribution in [-0.2, 0) is 4.79 Å². The van der Waals surface area contributed by atoms with Crippen molar-refractivity contribution in [1.29, 1.82) is 0 Å². The van der Waals surface area contributed by atoms with Crippen molar-refractivity contribution < 1.29 is 4.79 Å². The molecule has 0 saturated carbocycles. The number of rotatable bonds is 4. The minimum Gasteiger partial charge on any atom is -0.326 e. The number of para-hydroxylation sites is 1. The maximum Gasteiger partial charge on any atom is 0.224 e. The van der Waals surface area contributed by atoms with E-state index in [1.54, 1.807) is 0 Å². The van der Waals surface area contributed by atoms with Crippen LogP contribution in [0.4, 0.5) is 5.69 Å². The van der Waals surface area contributed by atoms with Gasteiger partial charge in [0.25, 0.3) is 0 Å². The van der Waals surface area contributed by atoms with Crippen molar-refractivity contribution >= 4 is 11.6 Å². The third-order valence-corrected chi connectivity index (χ3v) is 1.71. The molecular formula is C11H14NO. The summed E-state index contributed by atoms with van der Waals surface area (Å²) in [7, 11) is 0. The zero-order chi connectivity index (χ0) is 9.52. The van der Waals surface area contributed by atoms with E-state index >= 15 is 0 Å². The van der Waals surface area contributed by atoms with Crippen LogP contribution >= 0.6 is 0 Å². The summed E-state index contributed by atoms with van der Waals surface area (Å²) < 4.78 is 0. The van der Waals surface area contributed by atoms with Crippen molar-refractivity contribution in [2.45, 2.75) is 19.3 Å². The van der Waals surface area contributed by atoms with Crippen molar-refractivity contribution in [1.82, 2.24) is 0 Å². The Morgan fingerprint density at radius 2 is 2.00 bits per heavy atom. The van der Waals surface area contributed by atoms with Crippen LogP contribution in [0.2, 0.25) is 0 Å². The molecule has 13 heavy (non-hydrogen) atoms. The summed E-state index contributed by atoms with van der Waals surface area (Å²) in [5.74, 6) is 0.0647. The lowest BCUT2D eigenvalue weighted by atomic mass is 10.2. The summed E-state index contributed by atoms with van der Waals surface area (Å²) in [6.45, 7) is 3.68. The fourth-order valence-electron chi connectivity index (χ4n) is 1.03. The highest BCUT2D eigenvalue weighted by Crippen LogP contribution is 2.06. The maximum absolute atomic E-state index is 11.2. The zero-order valence-corrected chi connectivity index (χ0v) is 7.62. The monoisotopic (exact) mass is 176 g/mol. The van der Waals surface area contributed by atoms with Gasteiger partial charge in [0.15, 0.2) is 0 Å². The van der Waals surface area contributed by atoms with Gasteiger partial charge in [0, 0.05) is 12.1 Å². The average molecular weight is 176 g/mol. The highest BCUT2D eigenvalue weighted by molar-refractivity contribution is 5.90. The molecule has 1 rings (SSSR count). The SMILES string of the molecule is [CH2]CCCC(=O)Nc1ccccc1. The molecule has 0 spiro atoms. The predicted molar refractivity (Wildman–Crippen MR) is 54.3 cm³/mol. The fourth-order valence-corrected chi connectivity index (χ4v) is 1.03. The number of hydrogen-bond donors (Lipinski definition) is 1. The molecule has 0 aliphatic heterocycles. The van der Waals surface area contributed by atoms with E-state index in [-0.39, 0.29) is 5.91 Å². The van der Waals surface area contributed by atoms with Crippen LogP contribution in [0.3, 0.4) is 0 Å². The van der Waals surface area contributed by atoms with Crippen molar-refractivity contribution in [2.75, 3.05) is 5.32 Å². The molecule has 0 fully saturated rings. The normalized spacial score (nSPS) is 9.62. The van der Waals surface area contributed by atoms with Gasteiger partial charge in [-0.05, 0) is 18.6 Å².